The minimum Gasteiger partial charge on any atom is -0.504 e. The molecule has 0 fully saturated rings. The summed E-state index contributed by atoms with van der Waals surface area (Å²) >= 11 is 5.93. The molecule has 0 atom stereocenters. The Morgan fingerprint density at radius 1 is 1.31 bits per heavy atom. The summed E-state index contributed by atoms with van der Waals surface area (Å²) in [7, 11) is 0. The van der Waals surface area contributed by atoms with Gasteiger partial charge in [-0.2, -0.15) is 5.10 Å². The summed E-state index contributed by atoms with van der Waals surface area (Å²) < 4.78 is 0. The molecule has 2 aromatic rings. The number of aromatic nitrogens is 2. The number of rotatable bonds is 1. The van der Waals surface area contributed by atoms with Crippen molar-refractivity contribution in [1.82, 2.24) is 10.2 Å². The number of benzene rings is 1. The summed E-state index contributed by atoms with van der Waals surface area (Å²) in [6.45, 7) is 0. The second kappa shape index (κ2) is 3.11. The van der Waals surface area contributed by atoms with Gasteiger partial charge in [0.2, 0.25) is 0 Å². The van der Waals surface area contributed by atoms with E-state index in [0.29, 0.717) is 10.7 Å². The van der Waals surface area contributed by atoms with Gasteiger partial charge in [0.1, 0.15) is 5.69 Å². The maximum absolute atomic E-state index is 9.38. The summed E-state index contributed by atoms with van der Waals surface area (Å²) in [5.41, 5.74) is 1.30. The maximum Gasteiger partial charge on any atom is 0.161 e. The highest BCUT2D eigenvalue weighted by Crippen LogP contribution is 2.31. The number of aromatic hydroxyl groups is 1. The quantitative estimate of drug-likeness (QED) is 0.733. The van der Waals surface area contributed by atoms with E-state index in [0.717, 1.165) is 5.56 Å². The third-order valence-electron chi connectivity index (χ3n) is 1.76. The number of nitrogens with one attached hydrogen (secondary N) is 1. The van der Waals surface area contributed by atoms with Gasteiger partial charge in [0.15, 0.2) is 5.75 Å². The molecule has 2 rings (SSSR count). The second-order valence-electron chi connectivity index (χ2n) is 2.61. The van der Waals surface area contributed by atoms with Gasteiger partial charge in [-0.1, -0.05) is 29.8 Å². The highest BCUT2D eigenvalue weighted by Gasteiger charge is 2.08. The summed E-state index contributed by atoms with van der Waals surface area (Å²) in [6.07, 6.45) is 1.35. The molecule has 0 spiro atoms. The van der Waals surface area contributed by atoms with Crippen LogP contribution >= 0.6 is 11.6 Å². The molecule has 2 N–H and O–H groups in total. The van der Waals surface area contributed by atoms with Crippen LogP contribution in [0.5, 0.6) is 5.75 Å². The molecular formula is C9H7ClN2O. The third-order valence-corrected chi connectivity index (χ3v) is 2.09. The molecule has 0 radical (unpaired) electrons. The predicted molar refractivity (Wildman–Crippen MR) is 50.7 cm³/mol. The zero-order chi connectivity index (χ0) is 9.26. The predicted octanol–water partition coefficient (Wildman–Crippen LogP) is 2.44. The molecule has 0 aliphatic carbocycles. The summed E-state index contributed by atoms with van der Waals surface area (Å²) in [6, 6.07) is 7.26. The van der Waals surface area contributed by atoms with E-state index < -0.39 is 0 Å². The van der Waals surface area contributed by atoms with Gasteiger partial charge < -0.3 is 5.11 Å². The van der Waals surface area contributed by atoms with Crippen LogP contribution in [0.1, 0.15) is 0 Å². The SMILES string of the molecule is Oc1cn[nH]c1-c1ccccc1Cl. The fourth-order valence-corrected chi connectivity index (χ4v) is 1.37. The summed E-state index contributed by atoms with van der Waals surface area (Å²) in [4.78, 5) is 0. The lowest BCUT2D eigenvalue weighted by atomic mass is 10.1. The zero-order valence-electron chi connectivity index (χ0n) is 6.66. The van der Waals surface area contributed by atoms with Crippen LogP contribution < -0.4 is 0 Å². The number of hydrogen-bond acceptors (Lipinski definition) is 2. The van der Waals surface area contributed by atoms with Crippen LogP contribution in [0.3, 0.4) is 0 Å². The molecule has 4 heteroatoms. The number of hydrogen-bond donors (Lipinski definition) is 2. The lowest BCUT2D eigenvalue weighted by molar-refractivity contribution is 0.477. The van der Waals surface area contributed by atoms with Crippen molar-refractivity contribution in [3.63, 3.8) is 0 Å². The minimum atomic E-state index is 0.105. The van der Waals surface area contributed by atoms with E-state index in [1.807, 2.05) is 18.2 Å². The Balaban J connectivity index is 2.59. The standard InChI is InChI=1S/C9H7ClN2O/c10-7-4-2-1-3-6(7)9-8(13)5-11-12-9/h1-5,13H,(H,11,12). The van der Waals surface area contributed by atoms with Crippen molar-refractivity contribution in [3.05, 3.63) is 35.5 Å². The summed E-state index contributed by atoms with van der Waals surface area (Å²) in [5.74, 6) is 0.105. The molecule has 0 saturated carbocycles. The molecule has 3 nitrogen and oxygen atoms in total. The van der Waals surface area contributed by atoms with E-state index in [1.165, 1.54) is 6.20 Å². The summed E-state index contributed by atoms with van der Waals surface area (Å²) in [5, 5.41) is 16.3. The van der Waals surface area contributed by atoms with Gasteiger partial charge in [0.05, 0.1) is 11.2 Å². The van der Waals surface area contributed by atoms with Crippen molar-refractivity contribution in [3.8, 4) is 17.0 Å². The van der Waals surface area contributed by atoms with E-state index in [1.54, 1.807) is 6.07 Å². The lowest BCUT2D eigenvalue weighted by Crippen LogP contribution is -1.79. The highest BCUT2D eigenvalue weighted by atomic mass is 35.5. The smallest absolute Gasteiger partial charge is 0.161 e. The van der Waals surface area contributed by atoms with Crippen molar-refractivity contribution in [2.75, 3.05) is 0 Å². The monoisotopic (exact) mass is 194 g/mol. The molecular weight excluding hydrogens is 188 g/mol. The van der Waals surface area contributed by atoms with Crippen LogP contribution in [0.25, 0.3) is 11.3 Å². The number of halogens is 1. The molecule has 0 aliphatic rings. The maximum atomic E-state index is 9.38. The Kier molecular flexibility index (Phi) is 1.94. The van der Waals surface area contributed by atoms with Gasteiger partial charge in [0.25, 0.3) is 0 Å². The van der Waals surface area contributed by atoms with E-state index in [2.05, 4.69) is 10.2 Å². The molecule has 13 heavy (non-hydrogen) atoms. The van der Waals surface area contributed by atoms with E-state index in [9.17, 15) is 5.11 Å². The first-order valence-electron chi connectivity index (χ1n) is 3.76. The fraction of sp³-hybridized carbons (Fsp3) is 0. The Morgan fingerprint density at radius 3 is 2.69 bits per heavy atom. The Morgan fingerprint density at radius 2 is 2.08 bits per heavy atom. The number of H-pyrrole nitrogens is 1. The molecule has 0 aliphatic heterocycles. The van der Waals surface area contributed by atoms with E-state index >= 15 is 0 Å². The normalized spacial score (nSPS) is 10.2. The molecule has 66 valence electrons. The van der Waals surface area contributed by atoms with Crippen LogP contribution in [-0.2, 0) is 0 Å². The Bertz CT molecular complexity index is 425. The molecule has 1 aromatic heterocycles. The van der Waals surface area contributed by atoms with Crippen molar-refractivity contribution in [2.45, 2.75) is 0 Å². The third kappa shape index (κ3) is 1.38. The van der Waals surface area contributed by atoms with Gasteiger partial charge in [-0.25, -0.2) is 0 Å². The first-order valence-corrected chi connectivity index (χ1v) is 4.14. The average Bonchev–Trinajstić information content (AvgIpc) is 2.52. The largest absolute Gasteiger partial charge is 0.504 e. The molecule has 0 amide bonds. The van der Waals surface area contributed by atoms with E-state index in [-0.39, 0.29) is 5.75 Å². The van der Waals surface area contributed by atoms with Gasteiger partial charge in [0, 0.05) is 5.56 Å². The molecule has 0 unspecified atom stereocenters. The van der Waals surface area contributed by atoms with Crippen molar-refractivity contribution < 1.29 is 5.11 Å². The molecule has 1 heterocycles. The van der Waals surface area contributed by atoms with Gasteiger partial charge in [-0.05, 0) is 6.07 Å². The van der Waals surface area contributed by atoms with Gasteiger partial charge >= 0.3 is 0 Å². The van der Waals surface area contributed by atoms with Gasteiger partial charge in [-0.15, -0.1) is 0 Å². The Labute approximate surface area is 80.0 Å². The molecule has 1 aromatic carbocycles. The van der Waals surface area contributed by atoms with Crippen LogP contribution in [0.2, 0.25) is 5.02 Å². The Hall–Kier alpha value is -1.48. The highest BCUT2D eigenvalue weighted by molar-refractivity contribution is 6.33. The first kappa shape index (κ1) is 8.13. The van der Waals surface area contributed by atoms with Crippen LogP contribution in [0.15, 0.2) is 30.5 Å². The lowest BCUT2D eigenvalue weighted by Gasteiger charge is -2.00. The van der Waals surface area contributed by atoms with Crippen molar-refractivity contribution >= 4 is 11.6 Å². The van der Waals surface area contributed by atoms with Crippen molar-refractivity contribution in [1.29, 1.82) is 0 Å². The zero-order valence-corrected chi connectivity index (χ0v) is 7.42. The van der Waals surface area contributed by atoms with Crippen LogP contribution in [0, 0.1) is 0 Å². The van der Waals surface area contributed by atoms with Crippen LogP contribution in [-0.4, -0.2) is 15.3 Å². The first-order chi connectivity index (χ1) is 6.29. The van der Waals surface area contributed by atoms with Crippen molar-refractivity contribution in [2.24, 2.45) is 0 Å². The number of aromatic amines is 1. The van der Waals surface area contributed by atoms with Crippen LogP contribution in [0.4, 0.5) is 0 Å². The van der Waals surface area contributed by atoms with Gasteiger partial charge in [-0.3, -0.25) is 5.10 Å². The molecule has 0 saturated heterocycles. The topological polar surface area (TPSA) is 48.9 Å². The minimum absolute atomic E-state index is 0.105. The molecule has 0 bridgehead atoms. The second-order valence-corrected chi connectivity index (χ2v) is 3.02. The fourth-order valence-electron chi connectivity index (χ4n) is 1.14. The average molecular weight is 195 g/mol. The number of nitrogens with zero attached hydrogens (tertiary/aromatic N) is 1. The van der Waals surface area contributed by atoms with E-state index in [4.69, 9.17) is 11.6 Å².